The van der Waals surface area contributed by atoms with E-state index in [9.17, 15) is 9.59 Å². The summed E-state index contributed by atoms with van der Waals surface area (Å²) in [4.78, 5) is 27.2. The summed E-state index contributed by atoms with van der Waals surface area (Å²) in [7, 11) is 0. The van der Waals surface area contributed by atoms with E-state index in [1.54, 1.807) is 12.1 Å². The van der Waals surface area contributed by atoms with Crippen molar-refractivity contribution < 1.29 is 13.9 Å². The summed E-state index contributed by atoms with van der Waals surface area (Å²) in [5, 5.41) is 7.21. The third-order valence-corrected chi connectivity index (χ3v) is 5.00. The molecule has 0 radical (unpaired) electrons. The predicted molar refractivity (Wildman–Crippen MR) is 111 cm³/mol. The standard InChI is InChI=1S/C22H24N4O4/c27-20(16-26-22(28)30-21(24-26)18-9-5-2-6-10-18)23-19(17-7-3-1-4-8-17)15-25-11-13-29-14-12-25/h1-10,19H,11-16H2,(H,23,27)/t19-/m1/s1. The number of ether oxygens (including phenoxy) is 1. The van der Waals surface area contributed by atoms with Gasteiger partial charge in [0.05, 0.1) is 19.3 Å². The average Bonchev–Trinajstić information content (AvgIpc) is 3.15. The number of amides is 1. The van der Waals surface area contributed by atoms with Gasteiger partial charge in [-0.3, -0.25) is 9.69 Å². The molecule has 0 spiro atoms. The summed E-state index contributed by atoms with van der Waals surface area (Å²) < 4.78 is 11.7. The summed E-state index contributed by atoms with van der Waals surface area (Å²) in [5.74, 6) is -0.762. The van der Waals surface area contributed by atoms with Crippen LogP contribution >= 0.6 is 0 Å². The van der Waals surface area contributed by atoms with Gasteiger partial charge in [0, 0.05) is 25.2 Å². The first-order chi connectivity index (χ1) is 14.7. The molecule has 1 fully saturated rings. The van der Waals surface area contributed by atoms with Crippen LogP contribution in [0.4, 0.5) is 0 Å². The van der Waals surface area contributed by atoms with Gasteiger partial charge in [-0.05, 0) is 17.7 Å². The number of rotatable bonds is 7. The lowest BCUT2D eigenvalue weighted by molar-refractivity contribution is -0.122. The maximum Gasteiger partial charge on any atom is 0.437 e. The number of nitrogens with one attached hydrogen (secondary N) is 1. The van der Waals surface area contributed by atoms with Crippen LogP contribution in [0.1, 0.15) is 11.6 Å². The number of morpholine rings is 1. The van der Waals surface area contributed by atoms with Gasteiger partial charge in [-0.1, -0.05) is 48.5 Å². The lowest BCUT2D eigenvalue weighted by atomic mass is 10.1. The van der Waals surface area contributed by atoms with Gasteiger partial charge in [0.1, 0.15) is 6.54 Å². The second-order valence-corrected chi connectivity index (χ2v) is 7.14. The van der Waals surface area contributed by atoms with E-state index in [1.807, 2.05) is 48.5 Å². The molecule has 1 aromatic heterocycles. The molecule has 1 aliphatic heterocycles. The van der Waals surface area contributed by atoms with Crippen LogP contribution < -0.4 is 11.1 Å². The number of benzene rings is 2. The number of hydrogen-bond acceptors (Lipinski definition) is 6. The summed E-state index contributed by atoms with van der Waals surface area (Å²) in [6, 6.07) is 18.7. The zero-order valence-corrected chi connectivity index (χ0v) is 16.6. The molecule has 0 saturated carbocycles. The van der Waals surface area contributed by atoms with Gasteiger partial charge in [0.25, 0.3) is 0 Å². The molecule has 2 aromatic carbocycles. The minimum absolute atomic E-state index is 0.196. The highest BCUT2D eigenvalue weighted by Crippen LogP contribution is 2.16. The normalized spacial score (nSPS) is 15.6. The Balaban J connectivity index is 1.46. The van der Waals surface area contributed by atoms with Gasteiger partial charge in [-0.2, -0.15) is 4.68 Å². The first kappa shape index (κ1) is 20.1. The molecular formula is C22H24N4O4. The Labute approximate surface area is 174 Å². The molecule has 156 valence electrons. The van der Waals surface area contributed by atoms with Crippen molar-refractivity contribution in [2.45, 2.75) is 12.6 Å². The molecule has 8 nitrogen and oxygen atoms in total. The van der Waals surface area contributed by atoms with E-state index in [0.717, 1.165) is 23.3 Å². The number of carbonyl (C=O) groups is 1. The van der Waals surface area contributed by atoms with Crippen LogP contribution in [0.2, 0.25) is 0 Å². The third-order valence-electron chi connectivity index (χ3n) is 5.00. The molecule has 0 unspecified atom stereocenters. The Morgan fingerprint density at radius 2 is 1.70 bits per heavy atom. The van der Waals surface area contributed by atoms with Crippen LogP contribution in [0, 0.1) is 0 Å². The second kappa shape index (κ2) is 9.51. The van der Waals surface area contributed by atoms with E-state index >= 15 is 0 Å². The van der Waals surface area contributed by atoms with Crippen LogP contribution in [-0.4, -0.2) is 53.4 Å². The zero-order chi connectivity index (χ0) is 20.8. The number of aromatic nitrogens is 2. The van der Waals surface area contributed by atoms with Gasteiger partial charge in [0.15, 0.2) is 0 Å². The smallest absolute Gasteiger partial charge is 0.388 e. The van der Waals surface area contributed by atoms with E-state index in [4.69, 9.17) is 9.15 Å². The zero-order valence-electron chi connectivity index (χ0n) is 16.6. The molecular weight excluding hydrogens is 384 g/mol. The Hall–Kier alpha value is -3.23. The van der Waals surface area contributed by atoms with Crippen molar-refractivity contribution in [1.82, 2.24) is 20.0 Å². The Morgan fingerprint density at radius 1 is 1.03 bits per heavy atom. The van der Waals surface area contributed by atoms with Gasteiger partial charge in [-0.15, -0.1) is 5.10 Å². The summed E-state index contributed by atoms with van der Waals surface area (Å²) in [6.07, 6.45) is 0. The van der Waals surface area contributed by atoms with Crippen molar-refractivity contribution >= 4 is 5.91 Å². The molecule has 8 heteroatoms. The van der Waals surface area contributed by atoms with Crippen LogP contribution in [0.5, 0.6) is 0 Å². The number of nitrogens with zero attached hydrogens (tertiary/aromatic N) is 3. The molecule has 0 bridgehead atoms. The van der Waals surface area contributed by atoms with Gasteiger partial charge in [0.2, 0.25) is 11.8 Å². The fourth-order valence-corrected chi connectivity index (χ4v) is 3.44. The van der Waals surface area contributed by atoms with Crippen molar-refractivity contribution in [3.05, 3.63) is 76.8 Å². The predicted octanol–water partition coefficient (Wildman–Crippen LogP) is 1.69. The fourth-order valence-electron chi connectivity index (χ4n) is 3.44. The van der Waals surface area contributed by atoms with Crippen LogP contribution in [-0.2, 0) is 16.1 Å². The molecule has 1 amide bonds. The van der Waals surface area contributed by atoms with Crippen LogP contribution in [0.3, 0.4) is 0 Å². The van der Waals surface area contributed by atoms with Crippen LogP contribution in [0.15, 0.2) is 69.9 Å². The average molecular weight is 408 g/mol. The second-order valence-electron chi connectivity index (χ2n) is 7.14. The maximum absolute atomic E-state index is 12.7. The highest BCUT2D eigenvalue weighted by molar-refractivity contribution is 5.76. The molecule has 1 atom stereocenters. The molecule has 1 aliphatic rings. The Kier molecular flexibility index (Phi) is 6.36. The SMILES string of the molecule is O=C(Cn1nc(-c2ccccc2)oc1=O)N[C@H](CN1CCOCC1)c1ccccc1. The van der Waals surface area contributed by atoms with E-state index < -0.39 is 5.76 Å². The minimum atomic E-state index is -0.659. The molecule has 2 heterocycles. The largest absolute Gasteiger partial charge is 0.437 e. The Morgan fingerprint density at radius 3 is 2.40 bits per heavy atom. The van der Waals surface area contributed by atoms with Gasteiger partial charge >= 0.3 is 5.76 Å². The minimum Gasteiger partial charge on any atom is -0.388 e. The monoisotopic (exact) mass is 408 g/mol. The lowest BCUT2D eigenvalue weighted by Crippen LogP contribution is -2.44. The summed E-state index contributed by atoms with van der Waals surface area (Å²) in [5.41, 5.74) is 1.69. The molecule has 4 rings (SSSR count). The van der Waals surface area contributed by atoms with Crippen molar-refractivity contribution in [3.8, 4) is 11.5 Å². The topological polar surface area (TPSA) is 89.6 Å². The quantitative estimate of drug-likeness (QED) is 0.640. The third kappa shape index (κ3) is 5.03. The van der Waals surface area contributed by atoms with Gasteiger partial charge in [-0.25, -0.2) is 4.79 Å². The lowest BCUT2D eigenvalue weighted by Gasteiger charge is -2.31. The molecule has 3 aromatic rings. The first-order valence-corrected chi connectivity index (χ1v) is 9.97. The molecule has 1 saturated heterocycles. The number of carbonyl (C=O) groups excluding carboxylic acids is 1. The van der Waals surface area contributed by atoms with E-state index in [-0.39, 0.29) is 24.4 Å². The molecule has 0 aliphatic carbocycles. The fraction of sp³-hybridized carbons (Fsp3) is 0.318. The molecule has 30 heavy (non-hydrogen) atoms. The van der Waals surface area contributed by atoms with Crippen molar-refractivity contribution in [2.75, 3.05) is 32.8 Å². The summed E-state index contributed by atoms with van der Waals surface area (Å²) >= 11 is 0. The first-order valence-electron chi connectivity index (χ1n) is 9.97. The molecule has 1 N–H and O–H groups in total. The van der Waals surface area contributed by atoms with Crippen molar-refractivity contribution in [3.63, 3.8) is 0 Å². The Bertz CT molecular complexity index is 1010. The van der Waals surface area contributed by atoms with Crippen LogP contribution in [0.25, 0.3) is 11.5 Å². The highest BCUT2D eigenvalue weighted by atomic mass is 16.5. The van der Waals surface area contributed by atoms with E-state index in [2.05, 4.69) is 15.3 Å². The summed E-state index contributed by atoms with van der Waals surface area (Å²) in [6.45, 7) is 3.48. The van der Waals surface area contributed by atoms with Gasteiger partial charge < -0.3 is 14.5 Å². The van der Waals surface area contributed by atoms with E-state index in [0.29, 0.717) is 25.3 Å². The van der Waals surface area contributed by atoms with Crippen molar-refractivity contribution in [2.24, 2.45) is 0 Å². The highest BCUT2D eigenvalue weighted by Gasteiger charge is 2.21. The number of hydrogen-bond donors (Lipinski definition) is 1. The van der Waals surface area contributed by atoms with Crippen molar-refractivity contribution in [1.29, 1.82) is 0 Å². The van der Waals surface area contributed by atoms with E-state index in [1.165, 1.54) is 0 Å². The maximum atomic E-state index is 12.7.